The lowest BCUT2D eigenvalue weighted by atomic mass is 10.1. The lowest BCUT2D eigenvalue weighted by molar-refractivity contribution is 0.0274. The van der Waals surface area contributed by atoms with Crippen molar-refractivity contribution in [3.05, 3.63) is 42.0 Å². The maximum Gasteiger partial charge on any atom is 0.0718 e. The molecule has 3 nitrogen and oxygen atoms in total. The van der Waals surface area contributed by atoms with Gasteiger partial charge in [0.1, 0.15) is 0 Å². The number of aliphatic hydroxyl groups is 1. The number of hydrogen-bond acceptors (Lipinski definition) is 3. The Bertz CT molecular complexity index is 310. The fraction of sp³-hybridized carbons (Fsp3) is 0.385. The Kier molecular flexibility index (Phi) is 6.49. The van der Waals surface area contributed by atoms with Crippen molar-refractivity contribution in [2.75, 3.05) is 26.4 Å². The van der Waals surface area contributed by atoms with Gasteiger partial charge in [-0.2, -0.15) is 0 Å². The number of ether oxygens (including phenoxy) is 2. The summed E-state index contributed by atoms with van der Waals surface area (Å²) in [5.74, 6) is 0. The fourth-order valence-corrected chi connectivity index (χ4v) is 1.28. The molecule has 0 saturated heterocycles. The summed E-state index contributed by atoms with van der Waals surface area (Å²) in [4.78, 5) is 0. The van der Waals surface area contributed by atoms with Gasteiger partial charge in [-0.05, 0) is 17.2 Å². The van der Waals surface area contributed by atoms with Crippen LogP contribution in [0.25, 0.3) is 6.08 Å². The molecule has 16 heavy (non-hydrogen) atoms. The van der Waals surface area contributed by atoms with E-state index >= 15 is 0 Å². The summed E-state index contributed by atoms with van der Waals surface area (Å²) in [6, 6.07) is 8.04. The highest BCUT2D eigenvalue weighted by Gasteiger charge is 1.94. The third kappa shape index (κ3) is 5.07. The van der Waals surface area contributed by atoms with Gasteiger partial charge >= 0.3 is 0 Å². The molecule has 0 aliphatic rings. The van der Waals surface area contributed by atoms with E-state index in [1.54, 1.807) is 0 Å². The third-order valence-electron chi connectivity index (χ3n) is 2.06. The topological polar surface area (TPSA) is 38.7 Å². The van der Waals surface area contributed by atoms with E-state index in [0.717, 1.165) is 11.1 Å². The number of benzene rings is 1. The molecule has 0 aromatic heterocycles. The van der Waals surface area contributed by atoms with Crippen molar-refractivity contribution in [3.63, 3.8) is 0 Å². The molecule has 0 bridgehead atoms. The lowest BCUT2D eigenvalue weighted by Crippen LogP contribution is -2.07. The Balaban J connectivity index is 2.18. The van der Waals surface area contributed by atoms with Crippen molar-refractivity contribution < 1.29 is 14.6 Å². The summed E-state index contributed by atoms with van der Waals surface area (Å²) in [7, 11) is 0. The summed E-state index contributed by atoms with van der Waals surface area (Å²) >= 11 is 0. The molecule has 0 aliphatic heterocycles. The van der Waals surface area contributed by atoms with Gasteiger partial charge in [-0.15, -0.1) is 0 Å². The molecule has 0 radical (unpaired) electrons. The average molecular weight is 222 g/mol. The SMILES string of the molecule is C=Cc1cccc(COCCOCCO)c1. The van der Waals surface area contributed by atoms with Crippen LogP contribution in [0.1, 0.15) is 11.1 Å². The van der Waals surface area contributed by atoms with E-state index in [4.69, 9.17) is 14.6 Å². The molecule has 0 saturated carbocycles. The molecule has 3 heteroatoms. The molecule has 88 valence electrons. The predicted octanol–water partition coefficient (Wildman–Crippen LogP) is 1.86. The Morgan fingerprint density at radius 2 is 2.00 bits per heavy atom. The Hall–Kier alpha value is -1.16. The highest BCUT2D eigenvalue weighted by atomic mass is 16.5. The van der Waals surface area contributed by atoms with Crippen LogP contribution >= 0.6 is 0 Å². The van der Waals surface area contributed by atoms with Crippen LogP contribution in [0.15, 0.2) is 30.8 Å². The second-order valence-electron chi connectivity index (χ2n) is 3.34. The number of aliphatic hydroxyl groups excluding tert-OH is 1. The molecule has 0 aliphatic carbocycles. The quantitative estimate of drug-likeness (QED) is 0.682. The third-order valence-corrected chi connectivity index (χ3v) is 2.06. The van der Waals surface area contributed by atoms with Gasteiger partial charge in [0.15, 0.2) is 0 Å². The van der Waals surface area contributed by atoms with Crippen LogP contribution in [0.2, 0.25) is 0 Å². The van der Waals surface area contributed by atoms with Gasteiger partial charge in [0.2, 0.25) is 0 Å². The van der Waals surface area contributed by atoms with E-state index in [1.165, 1.54) is 0 Å². The maximum absolute atomic E-state index is 8.48. The van der Waals surface area contributed by atoms with E-state index in [-0.39, 0.29) is 6.61 Å². The van der Waals surface area contributed by atoms with Crippen LogP contribution in [0.4, 0.5) is 0 Å². The molecule has 0 unspecified atom stereocenters. The zero-order chi connectivity index (χ0) is 11.6. The second kappa shape index (κ2) is 8.05. The van der Waals surface area contributed by atoms with Gasteiger partial charge in [0.25, 0.3) is 0 Å². The van der Waals surface area contributed by atoms with Crippen LogP contribution in [0, 0.1) is 0 Å². The van der Waals surface area contributed by atoms with Crippen molar-refractivity contribution in [1.82, 2.24) is 0 Å². The normalized spacial score (nSPS) is 10.3. The second-order valence-corrected chi connectivity index (χ2v) is 3.34. The largest absolute Gasteiger partial charge is 0.394 e. The summed E-state index contributed by atoms with van der Waals surface area (Å²) in [6.45, 7) is 5.77. The monoisotopic (exact) mass is 222 g/mol. The van der Waals surface area contributed by atoms with Gasteiger partial charge in [0.05, 0.1) is 33.0 Å². The maximum atomic E-state index is 8.48. The Morgan fingerprint density at radius 3 is 2.75 bits per heavy atom. The van der Waals surface area contributed by atoms with Crippen molar-refractivity contribution in [3.8, 4) is 0 Å². The Labute approximate surface area is 96.3 Å². The average Bonchev–Trinajstić information content (AvgIpc) is 2.34. The summed E-state index contributed by atoms with van der Waals surface area (Å²) < 4.78 is 10.5. The summed E-state index contributed by atoms with van der Waals surface area (Å²) in [5.41, 5.74) is 2.22. The van der Waals surface area contributed by atoms with E-state index in [0.29, 0.717) is 26.4 Å². The van der Waals surface area contributed by atoms with Crippen LogP contribution in [-0.4, -0.2) is 31.5 Å². The molecule has 0 atom stereocenters. The first-order chi connectivity index (χ1) is 7.86. The minimum atomic E-state index is 0.0569. The zero-order valence-electron chi connectivity index (χ0n) is 9.39. The molecule has 0 spiro atoms. The number of rotatable bonds is 8. The molecule has 1 N–H and O–H groups in total. The first-order valence-corrected chi connectivity index (χ1v) is 5.34. The van der Waals surface area contributed by atoms with Crippen LogP contribution in [0.5, 0.6) is 0 Å². The minimum Gasteiger partial charge on any atom is -0.394 e. The van der Waals surface area contributed by atoms with E-state index in [9.17, 15) is 0 Å². The number of hydrogen-bond donors (Lipinski definition) is 1. The first-order valence-electron chi connectivity index (χ1n) is 5.34. The molecule has 1 aromatic rings. The summed E-state index contributed by atoms with van der Waals surface area (Å²) in [5, 5.41) is 8.48. The van der Waals surface area contributed by atoms with Gasteiger partial charge in [-0.3, -0.25) is 0 Å². The van der Waals surface area contributed by atoms with E-state index in [1.807, 2.05) is 30.3 Å². The van der Waals surface area contributed by atoms with Crippen LogP contribution < -0.4 is 0 Å². The molecule has 1 rings (SSSR count). The van der Waals surface area contributed by atoms with Crippen molar-refractivity contribution in [2.45, 2.75) is 6.61 Å². The van der Waals surface area contributed by atoms with Crippen molar-refractivity contribution in [2.24, 2.45) is 0 Å². The molecule has 0 fully saturated rings. The molecular weight excluding hydrogens is 204 g/mol. The standard InChI is InChI=1S/C13H18O3/c1-2-12-4-3-5-13(10-12)11-16-9-8-15-7-6-14/h2-5,10,14H,1,6-9,11H2. The highest BCUT2D eigenvalue weighted by Crippen LogP contribution is 2.07. The highest BCUT2D eigenvalue weighted by molar-refractivity contribution is 5.47. The van der Waals surface area contributed by atoms with Crippen molar-refractivity contribution in [1.29, 1.82) is 0 Å². The van der Waals surface area contributed by atoms with Crippen LogP contribution in [-0.2, 0) is 16.1 Å². The van der Waals surface area contributed by atoms with Gasteiger partial charge < -0.3 is 14.6 Å². The molecule has 1 aromatic carbocycles. The van der Waals surface area contributed by atoms with Crippen molar-refractivity contribution >= 4 is 6.08 Å². The van der Waals surface area contributed by atoms with Gasteiger partial charge in [-0.25, -0.2) is 0 Å². The van der Waals surface area contributed by atoms with Gasteiger partial charge in [0, 0.05) is 0 Å². The predicted molar refractivity (Wildman–Crippen MR) is 64.1 cm³/mol. The van der Waals surface area contributed by atoms with Crippen LogP contribution in [0.3, 0.4) is 0 Å². The minimum absolute atomic E-state index is 0.0569. The first kappa shape index (κ1) is 12.9. The smallest absolute Gasteiger partial charge is 0.0718 e. The zero-order valence-corrected chi connectivity index (χ0v) is 9.39. The van der Waals surface area contributed by atoms with Gasteiger partial charge in [-0.1, -0.05) is 30.9 Å². The van der Waals surface area contributed by atoms with E-state index < -0.39 is 0 Å². The molecule has 0 amide bonds. The van der Waals surface area contributed by atoms with E-state index in [2.05, 4.69) is 6.58 Å². The Morgan fingerprint density at radius 1 is 1.19 bits per heavy atom. The fourth-order valence-electron chi connectivity index (χ4n) is 1.28. The lowest BCUT2D eigenvalue weighted by Gasteiger charge is -2.05. The molecule has 0 heterocycles. The summed E-state index contributed by atoms with van der Waals surface area (Å²) in [6.07, 6.45) is 1.81. The molecular formula is C13H18O3.